The molecule has 2 nitrogen and oxygen atoms in total. The van der Waals surface area contributed by atoms with Gasteiger partial charge in [0.1, 0.15) is 6.07 Å². The van der Waals surface area contributed by atoms with Crippen LogP contribution < -0.4 is 0 Å². The highest BCUT2D eigenvalue weighted by Gasteiger charge is 2.06. The van der Waals surface area contributed by atoms with Crippen LogP contribution in [0.15, 0.2) is 52.3 Å². The Morgan fingerprint density at radius 1 is 1.17 bits per heavy atom. The molecule has 0 amide bonds. The number of aliphatic hydroxyl groups is 1. The zero-order valence-corrected chi connectivity index (χ0v) is 10.9. The molecule has 1 N–H and O–H groups in total. The van der Waals surface area contributed by atoms with Crippen LogP contribution in [0.4, 0.5) is 0 Å². The molecule has 18 heavy (non-hydrogen) atoms. The third-order valence-corrected chi connectivity index (χ3v) is 3.91. The number of rotatable bonds is 3. The normalized spacial score (nSPS) is 10.1. The van der Waals surface area contributed by atoms with Crippen molar-refractivity contribution in [1.82, 2.24) is 0 Å². The Bertz CT molecular complexity index is 602. The number of benzene rings is 2. The van der Waals surface area contributed by atoms with Crippen LogP contribution >= 0.6 is 11.8 Å². The second kappa shape index (κ2) is 5.72. The fourth-order valence-corrected chi connectivity index (χ4v) is 2.60. The molecule has 2 rings (SSSR count). The first-order chi connectivity index (χ1) is 8.74. The Labute approximate surface area is 111 Å². The third kappa shape index (κ3) is 2.73. The predicted molar refractivity (Wildman–Crippen MR) is 72.4 cm³/mol. The molecule has 2 aromatic rings. The van der Waals surface area contributed by atoms with E-state index in [2.05, 4.69) is 19.1 Å². The highest BCUT2D eigenvalue weighted by atomic mass is 32.2. The molecular formula is C15H13NOS. The lowest BCUT2D eigenvalue weighted by molar-refractivity contribution is 0.281. The van der Waals surface area contributed by atoms with Gasteiger partial charge in [-0.1, -0.05) is 36.0 Å². The molecule has 0 aromatic heterocycles. The first kappa shape index (κ1) is 12.7. The summed E-state index contributed by atoms with van der Waals surface area (Å²) in [4.78, 5) is 2.06. The van der Waals surface area contributed by atoms with E-state index in [0.29, 0.717) is 5.56 Å². The van der Waals surface area contributed by atoms with Crippen LogP contribution in [0.5, 0.6) is 0 Å². The summed E-state index contributed by atoms with van der Waals surface area (Å²) in [7, 11) is 0. The number of hydrogen-bond acceptors (Lipinski definition) is 3. The highest BCUT2D eigenvalue weighted by Crippen LogP contribution is 2.32. The maximum Gasteiger partial charge on any atom is 0.100 e. The van der Waals surface area contributed by atoms with E-state index in [9.17, 15) is 0 Å². The lowest BCUT2D eigenvalue weighted by Gasteiger charge is -2.07. The summed E-state index contributed by atoms with van der Waals surface area (Å²) in [5.74, 6) is 0. The Balaban J connectivity index is 2.35. The SMILES string of the molecule is Cc1ccccc1Sc1ccc(CO)cc1C#N. The van der Waals surface area contributed by atoms with Crippen molar-refractivity contribution in [3.63, 3.8) is 0 Å². The minimum absolute atomic E-state index is 0.0377. The van der Waals surface area contributed by atoms with Gasteiger partial charge >= 0.3 is 0 Å². The van der Waals surface area contributed by atoms with Crippen molar-refractivity contribution in [2.75, 3.05) is 0 Å². The van der Waals surface area contributed by atoms with Crippen LogP contribution in [0.1, 0.15) is 16.7 Å². The Morgan fingerprint density at radius 3 is 2.61 bits per heavy atom. The lowest BCUT2D eigenvalue weighted by atomic mass is 10.1. The molecule has 3 heteroatoms. The molecule has 0 aliphatic carbocycles. The van der Waals surface area contributed by atoms with Crippen LogP contribution in [0, 0.1) is 18.3 Å². The first-order valence-electron chi connectivity index (χ1n) is 5.62. The molecular weight excluding hydrogens is 242 g/mol. The average molecular weight is 255 g/mol. The van der Waals surface area contributed by atoms with E-state index in [1.165, 1.54) is 5.56 Å². The van der Waals surface area contributed by atoms with E-state index in [4.69, 9.17) is 10.4 Å². The second-order valence-electron chi connectivity index (χ2n) is 3.97. The maximum atomic E-state index is 9.14. The van der Waals surface area contributed by atoms with E-state index in [-0.39, 0.29) is 6.61 Å². The van der Waals surface area contributed by atoms with Crippen molar-refractivity contribution in [3.05, 3.63) is 59.2 Å². The van der Waals surface area contributed by atoms with Gasteiger partial charge in [0.25, 0.3) is 0 Å². The first-order valence-corrected chi connectivity index (χ1v) is 6.43. The van der Waals surface area contributed by atoms with E-state index < -0.39 is 0 Å². The van der Waals surface area contributed by atoms with Crippen LogP contribution in [-0.4, -0.2) is 5.11 Å². The third-order valence-electron chi connectivity index (χ3n) is 2.66. The monoisotopic (exact) mass is 255 g/mol. The number of nitrogens with zero attached hydrogens (tertiary/aromatic N) is 1. The smallest absolute Gasteiger partial charge is 0.100 e. The van der Waals surface area contributed by atoms with E-state index in [0.717, 1.165) is 15.4 Å². The Kier molecular flexibility index (Phi) is 4.03. The lowest BCUT2D eigenvalue weighted by Crippen LogP contribution is -1.88. The molecule has 0 radical (unpaired) electrons. The van der Waals surface area contributed by atoms with Crippen molar-refractivity contribution in [1.29, 1.82) is 5.26 Å². The minimum Gasteiger partial charge on any atom is -0.392 e. The molecule has 90 valence electrons. The molecule has 0 heterocycles. The number of hydrogen-bond donors (Lipinski definition) is 1. The van der Waals surface area contributed by atoms with Gasteiger partial charge in [-0.05, 0) is 36.2 Å². The quantitative estimate of drug-likeness (QED) is 0.912. The minimum atomic E-state index is -0.0377. The van der Waals surface area contributed by atoms with E-state index in [1.807, 2.05) is 30.3 Å². The summed E-state index contributed by atoms with van der Waals surface area (Å²) >= 11 is 1.58. The van der Waals surface area contributed by atoms with Crippen LogP contribution in [0.3, 0.4) is 0 Å². The molecule has 0 bridgehead atoms. The van der Waals surface area contributed by atoms with Gasteiger partial charge in [0.05, 0.1) is 12.2 Å². The van der Waals surface area contributed by atoms with Gasteiger partial charge < -0.3 is 5.11 Å². The summed E-state index contributed by atoms with van der Waals surface area (Å²) in [6, 6.07) is 15.7. The fourth-order valence-electron chi connectivity index (χ4n) is 1.64. The van der Waals surface area contributed by atoms with Gasteiger partial charge in [-0.3, -0.25) is 0 Å². The topological polar surface area (TPSA) is 44.0 Å². The molecule has 0 spiro atoms. The zero-order valence-electron chi connectivity index (χ0n) is 10.1. The van der Waals surface area contributed by atoms with Gasteiger partial charge in [-0.2, -0.15) is 5.26 Å². The average Bonchev–Trinajstić information content (AvgIpc) is 2.41. The van der Waals surface area contributed by atoms with Crippen molar-refractivity contribution in [2.45, 2.75) is 23.3 Å². The van der Waals surface area contributed by atoms with E-state index >= 15 is 0 Å². The van der Waals surface area contributed by atoms with Gasteiger partial charge in [0.15, 0.2) is 0 Å². The van der Waals surface area contributed by atoms with Gasteiger partial charge in [0, 0.05) is 9.79 Å². The molecule has 0 aliphatic rings. The summed E-state index contributed by atoms with van der Waals surface area (Å²) in [6.07, 6.45) is 0. The molecule has 2 aromatic carbocycles. The molecule has 0 saturated heterocycles. The molecule has 0 saturated carbocycles. The van der Waals surface area contributed by atoms with E-state index in [1.54, 1.807) is 17.8 Å². The standard InChI is InChI=1S/C15H13NOS/c1-11-4-2-3-5-14(11)18-15-7-6-12(10-17)8-13(15)9-16/h2-8,17H,10H2,1H3. The summed E-state index contributed by atoms with van der Waals surface area (Å²) in [5, 5.41) is 18.2. The number of nitriles is 1. The Hall–Kier alpha value is -1.76. The zero-order chi connectivity index (χ0) is 13.0. The molecule has 0 fully saturated rings. The van der Waals surface area contributed by atoms with Crippen LogP contribution in [0.25, 0.3) is 0 Å². The van der Waals surface area contributed by atoms with Crippen molar-refractivity contribution in [3.8, 4) is 6.07 Å². The summed E-state index contributed by atoms with van der Waals surface area (Å²) in [6.45, 7) is 2.01. The summed E-state index contributed by atoms with van der Waals surface area (Å²) in [5.41, 5.74) is 2.56. The van der Waals surface area contributed by atoms with Gasteiger partial charge in [-0.25, -0.2) is 0 Å². The predicted octanol–water partition coefficient (Wildman–Crippen LogP) is 3.51. The van der Waals surface area contributed by atoms with Crippen molar-refractivity contribution < 1.29 is 5.11 Å². The fraction of sp³-hybridized carbons (Fsp3) is 0.133. The number of aryl methyl sites for hydroxylation is 1. The number of aliphatic hydroxyl groups excluding tert-OH is 1. The Morgan fingerprint density at radius 2 is 1.94 bits per heavy atom. The maximum absolute atomic E-state index is 9.14. The molecule has 0 unspecified atom stereocenters. The highest BCUT2D eigenvalue weighted by molar-refractivity contribution is 7.99. The van der Waals surface area contributed by atoms with Gasteiger partial charge in [-0.15, -0.1) is 0 Å². The summed E-state index contributed by atoms with van der Waals surface area (Å²) < 4.78 is 0. The molecule has 0 aliphatic heterocycles. The largest absolute Gasteiger partial charge is 0.392 e. The van der Waals surface area contributed by atoms with Crippen molar-refractivity contribution >= 4 is 11.8 Å². The van der Waals surface area contributed by atoms with Crippen LogP contribution in [-0.2, 0) is 6.61 Å². The van der Waals surface area contributed by atoms with Gasteiger partial charge in [0.2, 0.25) is 0 Å². The second-order valence-corrected chi connectivity index (χ2v) is 5.05. The molecule has 0 atom stereocenters. The van der Waals surface area contributed by atoms with Crippen molar-refractivity contribution in [2.24, 2.45) is 0 Å². The van der Waals surface area contributed by atoms with Crippen LogP contribution in [0.2, 0.25) is 0 Å².